The maximum absolute atomic E-state index is 13.2. The Bertz CT molecular complexity index is 1120. The highest BCUT2D eigenvalue weighted by Gasteiger charge is 2.22. The molecule has 0 aliphatic heterocycles. The molecule has 8 nitrogen and oxygen atoms in total. The molecule has 2 aromatic heterocycles. The number of aromatic nitrogens is 3. The number of carbonyl (C=O) groups is 2. The minimum Gasteiger partial charge on any atom is -0.467 e. The molecule has 9 heteroatoms. The average Bonchev–Trinajstić information content (AvgIpc) is 3.07. The lowest BCUT2D eigenvalue weighted by atomic mass is 10.2. The number of hydrogen-bond acceptors (Lipinski definition) is 6. The third-order valence-electron chi connectivity index (χ3n) is 4.95. The summed E-state index contributed by atoms with van der Waals surface area (Å²) in [5.41, 5.74) is 1.18. The van der Waals surface area contributed by atoms with Crippen LogP contribution < -0.4 is 10.9 Å². The predicted octanol–water partition coefficient (Wildman–Crippen LogP) is 2.17. The second-order valence-electron chi connectivity index (χ2n) is 6.96. The van der Waals surface area contributed by atoms with E-state index in [0.29, 0.717) is 24.2 Å². The molecular weight excluding hydrogens is 404 g/mol. The first kappa shape index (κ1) is 21.9. The summed E-state index contributed by atoms with van der Waals surface area (Å²) in [7, 11) is 1.28. The third-order valence-corrected chi connectivity index (χ3v) is 5.59. The summed E-state index contributed by atoms with van der Waals surface area (Å²) in [5, 5.41) is 8.61. The first-order chi connectivity index (χ1) is 14.5. The normalized spacial score (nSPS) is 12.2. The number of aryl methyl sites for hydroxylation is 1. The molecule has 0 radical (unpaired) electrons. The molecule has 3 aromatic rings. The van der Waals surface area contributed by atoms with Gasteiger partial charge in [-0.2, -0.15) is 16.9 Å². The van der Waals surface area contributed by atoms with Crippen molar-refractivity contribution in [3.8, 4) is 0 Å². The smallest absolute Gasteiger partial charge is 0.328 e. The van der Waals surface area contributed by atoms with E-state index in [0.717, 1.165) is 27.4 Å². The highest BCUT2D eigenvalue weighted by molar-refractivity contribution is 7.98. The van der Waals surface area contributed by atoms with Crippen LogP contribution >= 0.6 is 11.8 Å². The van der Waals surface area contributed by atoms with E-state index in [1.54, 1.807) is 18.0 Å². The summed E-state index contributed by atoms with van der Waals surface area (Å²) in [5.74, 6) is -0.267. The van der Waals surface area contributed by atoms with E-state index in [1.165, 1.54) is 7.11 Å². The van der Waals surface area contributed by atoms with Crippen LogP contribution in [0, 0.1) is 0 Å². The quantitative estimate of drug-likeness (QED) is 0.523. The van der Waals surface area contributed by atoms with Crippen molar-refractivity contribution in [2.75, 3.05) is 19.1 Å². The van der Waals surface area contributed by atoms with Gasteiger partial charge in [-0.15, -0.1) is 0 Å². The topological polar surface area (TPSA) is 95.2 Å². The van der Waals surface area contributed by atoms with Crippen LogP contribution in [0.4, 0.5) is 0 Å². The Kier molecular flexibility index (Phi) is 7.15. The highest BCUT2D eigenvalue weighted by atomic mass is 32.2. The zero-order valence-electron chi connectivity index (χ0n) is 17.4. The van der Waals surface area contributed by atoms with Crippen LogP contribution in [-0.2, 0) is 27.4 Å². The van der Waals surface area contributed by atoms with Crippen LogP contribution in [0.15, 0.2) is 35.3 Å². The van der Waals surface area contributed by atoms with Gasteiger partial charge in [0.15, 0.2) is 0 Å². The largest absolute Gasteiger partial charge is 0.467 e. The van der Waals surface area contributed by atoms with Gasteiger partial charge in [-0.1, -0.05) is 25.1 Å². The number of amides is 1. The number of methoxy groups -OCH3 is 1. The van der Waals surface area contributed by atoms with Crippen LogP contribution in [0.5, 0.6) is 0 Å². The molecule has 0 aliphatic carbocycles. The maximum atomic E-state index is 13.2. The Balaban J connectivity index is 1.93. The van der Waals surface area contributed by atoms with Crippen molar-refractivity contribution < 1.29 is 14.3 Å². The number of carbonyl (C=O) groups excluding carboxylic acids is 2. The second-order valence-corrected chi connectivity index (χ2v) is 7.95. The fraction of sp³-hybridized carbons (Fsp3) is 0.429. The molecule has 0 aliphatic rings. The first-order valence-corrected chi connectivity index (χ1v) is 11.2. The van der Waals surface area contributed by atoms with Crippen LogP contribution in [0.2, 0.25) is 0 Å². The van der Waals surface area contributed by atoms with Crippen molar-refractivity contribution in [2.45, 2.75) is 38.9 Å². The van der Waals surface area contributed by atoms with Crippen molar-refractivity contribution >= 4 is 45.4 Å². The minimum absolute atomic E-state index is 0.269. The fourth-order valence-corrected chi connectivity index (χ4v) is 4.04. The molecule has 2 heterocycles. The number of rotatable bonds is 9. The van der Waals surface area contributed by atoms with Gasteiger partial charge < -0.3 is 14.6 Å². The van der Waals surface area contributed by atoms with E-state index >= 15 is 0 Å². The van der Waals surface area contributed by atoms with Crippen molar-refractivity contribution in [1.82, 2.24) is 19.7 Å². The Labute approximate surface area is 178 Å². The third kappa shape index (κ3) is 4.35. The summed E-state index contributed by atoms with van der Waals surface area (Å²) in [6.45, 7) is 2.47. The first-order valence-electron chi connectivity index (χ1n) is 9.85. The van der Waals surface area contributed by atoms with Crippen molar-refractivity contribution in [3.63, 3.8) is 0 Å². The van der Waals surface area contributed by atoms with E-state index in [2.05, 4.69) is 17.3 Å². The molecule has 0 unspecified atom stereocenters. The van der Waals surface area contributed by atoms with Crippen molar-refractivity contribution in [3.05, 3.63) is 40.8 Å². The summed E-state index contributed by atoms with van der Waals surface area (Å²) < 4.78 is 7.90. The molecule has 0 saturated carbocycles. The number of para-hydroxylation sites is 1. The van der Waals surface area contributed by atoms with E-state index < -0.39 is 17.9 Å². The van der Waals surface area contributed by atoms with E-state index in [9.17, 15) is 14.4 Å². The monoisotopic (exact) mass is 430 g/mol. The van der Waals surface area contributed by atoms with Gasteiger partial charge in [0.05, 0.1) is 13.3 Å². The van der Waals surface area contributed by atoms with Gasteiger partial charge in [0.1, 0.15) is 18.1 Å². The van der Waals surface area contributed by atoms with Gasteiger partial charge in [0.2, 0.25) is 5.91 Å². The molecule has 30 heavy (non-hydrogen) atoms. The number of nitrogens with zero attached hydrogens (tertiary/aromatic N) is 3. The number of nitrogens with one attached hydrogen (secondary N) is 1. The van der Waals surface area contributed by atoms with E-state index in [4.69, 9.17) is 4.74 Å². The number of ether oxygens (including phenoxy) is 1. The number of hydrogen-bond donors (Lipinski definition) is 1. The van der Waals surface area contributed by atoms with Crippen LogP contribution in [0.25, 0.3) is 21.8 Å². The van der Waals surface area contributed by atoms with Crippen molar-refractivity contribution in [1.29, 1.82) is 0 Å². The lowest BCUT2D eigenvalue weighted by Gasteiger charge is -2.16. The molecule has 3 rings (SSSR count). The standard InChI is InChI=1S/C21H26N4O4S/c1-4-10-24-17-8-6-5-7-14(17)15-12-22-25(20(27)19(15)24)13-18(26)23-16(9-11-30-3)21(28)29-2/h5-8,12,16H,4,9-11,13H2,1-3H3,(H,23,26)/t16-/m0/s1. The van der Waals surface area contributed by atoms with Crippen LogP contribution in [0.1, 0.15) is 19.8 Å². The molecule has 160 valence electrons. The number of benzene rings is 1. The molecule has 0 spiro atoms. The Morgan fingerprint density at radius 1 is 1.27 bits per heavy atom. The summed E-state index contributed by atoms with van der Waals surface area (Å²) in [6, 6.07) is 7.07. The second kappa shape index (κ2) is 9.80. The molecular formula is C21H26N4O4S. The zero-order chi connectivity index (χ0) is 21.7. The predicted molar refractivity (Wildman–Crippen MR) is 119 cm³/mol. The molecule has 0 saturated heterocycles. The van der Waals surface area contributed by atoms with Gasteiger partial charge in [-0.25, -0.2) is 9.48 Å². The van der Waals surface area contributed by atoms with Gasteiger partial charge in [0, 0.05) is 22.8 Å². The van der Waals surface area contributed by atoms with Gasteiger partial charge in [-0.05, 0) is 30.9 Å². The lowest BCUT2D eigenvalue weighted by Crippen LogP contribution is -2.44. The number of fused-ring (bicyclic) bond motifs is 3. The number of thioether (sulfide) groups is 1. The van der Waals surface area contributed by atoms with E-state index in [1.807, 2.05) is 35.1 Å². The summed E-state index contributed by atoms with van der Waals surface area (Å²) in [6.07, 6.45) is 4.87. The van der Waals surface area contributed by atoms with Gasteiger partial charge in [-0.3, -0.25) is 9.59 Å². The van der Waals surface area contributed by atoms with Crippen LogP contribution in [0.3, 0.4) is 0 Å². The molecule has 1 N–H and O–H groups in total. The Morgan fingerprint density at radius 2 is 2.03 bits per heavy atom. The SMILES string of the molecule is CCCn1c2ccccc2c2cnn(CC(=O)N[C@@H](CCSC)C(=O)OC)c(=O)c21. The highest BCUT2D eigenvalue weighted by Crippen LogP contribution is 2.26. The van der Waals surface area contributed by atoms with Gasteiger partial charge in [0.25, 0.3) is 5.56 Å². The lowest BCUT2D eigenvalue weighted by molar-refractivity contribution is -0.145. The average molecular weight is 431 g/mol. The Hall–Kier alpha value is -2.81. The molecule has 1 aromatic carbocycles. The molecule has 0 bridgehead atoms. The van der Waals surface area contributed by atoms with Gasteiger partial charge >= 0.3 is 5.97 Å². The molecule has 1 amide bonds. The Morgan fingerprint density at radius 3 is 2.73 bits per heavy atom. The fourth-order valence-electron chi connectivity index (χ4n) is 3.57. The van der Waals surface area contributed by atoms with Crippen molar-refractivity contribution in [2.24, 2.45) is 0 Å². The summed E-state index contributed by atoms with van der Waals surface area (Å²) in [4.78, 5) is 37.7. The maximum Gasteiger partial charge on any atom is 0.328 e. The minimum atomic E-state index is -0.749. The van der Waals surface area contributed by atoms with E-state index in [-0.39, 0.29) is 12.1 Å². The zero-order valence-corrected chi connectivity index (χ0v) is 18.2. The molecule has 0 fully saturated rings. The number of esters is 1. The van der Waals surface area contributed by atoms with Crippen LogP contribution in [-0.4, -0.2) is 51.4 Å². The molecule has 1 atom stereocenters. The summed E-state index contributed by atoms with van der Waals surface area (Å²) >= 11 is 1.57.